The zero-order valence-corrected chi connectivity index (χ0v) is 16.4. The van der Waals surface area contributed by atoms with Gasteiger partial charge in [0.1, 0.15) is 11.5 Å². The number of hydrogen-bond donors (Lipinski definition) is 3. The van der Waals surface area contributed by atoms with Crippen LogP contribution in [0.4, 0.5) is 11.5 Å². The van der Waals surface area contributed by atoms with Crippen LogP contribution in [0.5, 0.6) is 0 Å². The number of aromatic amines is 2. The van der Waals surface area contributed by atoms with E-state index in [0.29, 0.717) is 22.9 Å². The molecular weight excluding hydrogens is 364 g/mol. The number of H-pyrrole nitrogens is 2. The summed E-state index contributed by atoms with van der Waals surface area (Å²) in [4.78, 5) is 22.9. The van der Waals surface area contributed by atoms with Crippen LogP contribution in [0.25, 0.3) is 21.9 Å². The molecule has 1 saturated carbocycles. The third-order valence-corrected chi connectivity index (χ3v) is 5.98. The molecule has 6 heteroatoms. The van der Waals surface area contributed by atoms with Gasteiger partial charge < -0.3 is 20.0 Å². The van der Waals surface area contributed by atoms with Crippen LogP contribution in [0.2, 0.25) is 0 Å². The minimum Gasteiger partial charge on any atom is -0.465 e. The molecule has 0 saturated heterocycles. The molecule has 1 aliphatic carbocycles. The van der Waals surface area contributed by atoms with Gasteiger partial charge in [-0.05, 0) is 48.6 Å². The normalized spacial score (nSPS) is 15.1. The summed E-state index contributed by atoms with van der Waals surface area (Å²) in [5.41, 5.74) is 4.71. The highest BCUT2D eigenvalue weighted by Crippen LogP contribution is 2.37. The maximum absolute atomic E-state index is 11.8. The summed E-state index contributed by atoms with van der Waals surface area (Å²) in [7, 11) is 1.38. The lowest BCUT2D eigenvalue weighted by Crippen LogP contribution is -2.03. The Hall–Kier alpha value is -3.28. The van der Waals surface area contributed by atoms with Crippen LogP contribution in [-0.4, -0.2) is 28.0 Å². The summed E-state index contributed by atoms with van der Waals surface area (Å²) < 4.78 is 4.81. The van der Waals surface area contributed by atoms with E-state index in [4.69, 9.17) is 4.74 Å². The Morgan fingerprint density at radius 2 is 1.90 bits per heavy atom. The Labute approximate surface area is 168 Å². The minimum atomic E-state index is -0.371. The van der Waals surface area contributed by atoms with Gasteiger partial charge in [0.2, 0.25) is 0 Å². The molecule has 3 aromatic heterocycles. The molecule has 6 nitrogen and oxygen atoms in total. The highest BCUT2D eigenvalue weighted by atomic mass is 16.5. The lowest BCUT2D eigenvalue weighted by molar-refractivity contribution is 0.0603. The second-order valence-electron chi connectivity index (χ2n) is 7.75. The molecule has 1 fully saturated rings. The van der Waals surface area contributed by atoms with E-state index < -0.39 is 0 Å². The van der Waals surface area contributed by atoms with E-state index in [2.05, 4.69) is 44.7 Å². The molecule has 0 bridgehead atoms. The van der Waals surface area contributed by atoms with Crippen LogP contribution in [-0.2, 0) is 4.74 Å². The van der Waals surface area contributed by atoms with Crippen LogP contribution in [0.1, 0.15) is 53.9 Å². The van der Waals surface area contributed by atoms with Crippen molar-refractivity contribution in [1.29, 1.82) is 0 Å². The molecule has 148 valence electrons. The maximum Gasteiger partial charge on any atom is 0.340 e. The fraction of sp³-hybridized carbons (Fsp3) is 0.304. The minimum absolute atomic E-state index is 0.371. The first-order valence-electron chi connectivity index (χ1n) is 10.2. The number of rotatable bonds is 4. The highest BCUT2D eigenvalue weighted by Gasteiger charge is 2.19. The van der Waals surface area contributed by atoms with E-state index in [1.54, 1.807) is 6.20 Å². The van der Waals surface area contributed by atoms with Crippen molar-refractivity contribution in [3.8, 4) is 0 Å². The number of anilines is 2. The van der Waals surface area contributed by atoms with Crippen LogP contribution in [0.3, 0.4) is 0 Å². The molecule has 4 aromatic rings. The summed E-state index contributed by atoms with van der Waals surface area (Å²) in [5, 5.41) is 5.43. The second kappa shape index (κ2) is 7.28. The second-order valence-corrected chi connectivity index (χ2v) is 7.75. The molecule has 3 heterocycles. The molecule has 0 radical (unpaired) electrons. The van der Waals surface area contributed by atoms with Crippen molar-refractivity contribution < 1.29 is 9.53 Å². The number of fused-ring (bicyclic) bond motifs is 2. The zero-order valence-electron chi connectivity index (χ0n) is 16.4. The number of carbonyl (C=O) groups is 1. The number of nitrogens with one attached hydrogen (secondary N) is 3. The highest BCUT2D eigenvalue weighted by molar-refractivity contribution is 6.03. The lowest BCUT2D eigenvalue weighted by atomic mass is 9.84. The molecule has 0 atom stereocenters. The molecule has 1 aromatic carbocycles. The number of hydrogen-bond acceptors (Lipinski definition) is 4. The summed E-state index contributed by atoms with van der Waals surface area (Å²) >= 11 is 0. The Bertz CT molecular complexity index is 1180. The third-order valence-electron chi connectivity index (χ3n) is 5.98. The third kappa shape index (κ3) is 3.24. The topological polar surface area (TPSA) is 82.8 Å². The SMILES string of the molecule is COC(=O)c1c[nH]c2nc(Nc3ccc4c(C5CCCCC5)c[nH]c4c3)ccc12. The fourth-order valence-electron chi connectivity index (χ4n) is 4.48. The molecule has 1 aliphatic rings. The van der Waals surface area contributed by atoms with Gasteiger partial charge in [0.25, 0.3) is 0 Å². The average Bonchev–Trinajstić information content (AvgIpc) is 3.37. The number of esters is 1. The summed E-state index contributed by atoms with van der Waals surface area (Å²) in [5.74, 6) is 1.02. The lowest BCUT2D eigenvalue weighted by Gasteiger charge is -2.21. The molecule has 0 spiro atoms. The number of benzene rings is 1. The zero-order chi connectivity index (χ0) is 19.8. The number of aromatic nitrogens is 3. The summed E-state index contributed by atoms with van der Waals surface area (Å²) in [6.07, 6.45) is 10.4. The number of pyridine rings is 1. The van der Waals surface area contributed by atoms with Crippen LogP contribution < -0.4 is 5.32 Å². The van der Waals surface area contributed by atoms with Crippen LogP contribution in [0, 0.1) is 0 Å². The van der Waals surface area contributed by atoms with Crippen LogP contribution >= 0.6 is 0 Å². The fourth-order valence-corrected chi connectivity index (χ4v) is 4.48. The van der Waals surface area contributed by atoms with E-state index in [1.807, 2.05) is 12.1 Å². The van der Waals surface area contributed by atoms with Crippen molar-refractivity contribution in [1.82, 2.24) is 15.0 Å². The predicted octanol–water partition coefficient (Wildman–Crippen LogP) is 5.62. The molecule has 29 heavy (non-hydrogen) atoms. The van der Waals surface area contributed by atoms with Gasteiger partial charge in [-0.2, -0.15) is 0 Å². The van der Waals surface area contributed by atoms with E-state index in [-0.39, 0.29) is 5.97 Å². The molecule has 5 rings (SSSR count). The van der Waals surface area contributed by atoms with Crippen molar-refractivity contribution in [2.45, 2.75) is 38.0 Å². The average molecular weight is 388 g/mol. The number of nitrogens with zero attached hydrogens (tertiary/aromatic N) is 1. The van der Waals surface area contributed by atoms with Gasteiger partial charge in [-0.25, -0.2) is 9.78 Å². The Morgan fingerprint density at radius 1 is 1.07 bits per heavy atom. The summed E-state index contributed by atoms with van der Waals surface area (Å²) in [6, 6.07) is 10.2. The van der Waals surface area contributed by atoms with Gasteiger partial charge in [-0.1, -0.05) is 25.3 Å². The number of carbonyl (C=O) groups excluding carboxylic acids is 1. The van der Waals surface area contributed by atoms with E-state index in [1.165, 1.54) is 50.2 Å². The van der Waals surface area contributed by atoms with Crippen molar-refractivity contribution in [3.05, 3.63) is 53.9 Å². The van der Waals surface area contributed by atoms with Gasteiger partial charge in [-0.3, -0.25) is 0 Å². The molecule has 0 amide bonds. The largest absolute Gasteiger partial charge is 0.465 e. The van der Waals surface area contributed by atoms with Gasteiger partial charge in [0.05, 0.1) is 12.7 Å². The first-order valence-corrected chi connectivity index (χ1v) is 10.2. The Morgan fingerprint density at radius 3 is 2.72 bits per heavy atom. The van der Waals surface area contributed by atoms with Crippen LogP contribution in [0.15, 0.2) is 42.7 Å². The molecular formula is C23H24N4O2. The summed E-state index contributed by atoms with van der Waals surface area (Å²) in [6.45, 7) is 0. The van der Waals surface area contributed by atoms with Gasteiger partial charge in [-0.15, -0.1) is 0 Å². The van der Waals surface area contributed by atoms with Crippen molar-refractivity contribution in [2.24, 2.45) is 0 Å². The first kappa shape index (κ1) is 17.8. The van der Waals surface area contributed by atoms with E-state index in [9.17, 15) is 4.79 Å². The van der Waals surface area contributed by atoms with E-state index >= 15 is 0 Å². The van der Waals surface area contributed by atoms with Gasteiger partial charge >= 0.3 is 5.97 Å². The number of ether oxygens (including phenoxy) is 1. The Kier molecular flexibility index (Phi) is 4.46. The molecule has 0 aliphatic heterocycles. The molecule has 0 unspecified atom stereocenters. The van der Waals surface area contributed by atoms with E-state index in [0.717, 1.165) is 16.6 Å². The van der Waals surface area contributed by atoms with Crippen molar-refractivity contribution in [3.63, 3.8) is 0 Å². The predicted molar refractivity (Wildman–Crippen MR) is 115 cm³/mol. The smallest absolute Gasteiger partial charge is 0.340 e. The molecule has 3 N–H and O–H groups in total. The first-order chi connectivity index (χ1) is 14.2. The Balaban J connectivity index is 1.40. The number of methoxy groups -OCH3 is 1. The quantitative estimate of drug-likeness (QED) is 0.396. The monoisotopic (exact) mass is 388 g/mol. The van der Waals surface area contributed by atoms with Crippen molar-refractivity contribution >= 4 is 39.4 Å². The maximum atomic E-state index is 11.8. The van der Waals surface area contributed by atoms with Gasteiger partial charge in [0, 0.05) is 34.4 Å². The van der Waals surface area contributed by atoms with Gasteiger partial charge in [0.15, 0.2) is 0 Å². The standard InChI is InChI=1S/C23H24N4O2/c1-29-23(28)19-13-25-22-17(19)9-10-21(27-22)26-15-7-8-16-18(12-24-20(16)11-15)14-5-3-2-4-6-14/h7-14,24H,2-6H2,1H3,(H2,25,26,27). The van der Waals surface area contributed by atoms with Crippen molar-refractivity contribution in [2.75, 3.05) is 12.4 Å².